The van der Waals surface area contributed by atoms with Crippen LogP contribution in [0.4, 0.5) is 0 Å². The summed E-state index contributed by atoms with van der Waals surface area (Å²) in [6, 6.07) is 7.25. The fourth-order valence-corrected chi connectivity index (χ4v) is 6.38. The third-order valence-corrected chi connectivity index (χ3v) is 9.55. The molecule has 0 aromatic heterocycles. The molecule has 1 aromatic rings. The Balaban J connectivity index is 2.63. The van der Waals surface area contributed by atoms with Crippen LogP contribution in [0, 0.1) is 0 Å². The second-order valence-electron chi connectivity index (χ2n) is 14.4. The van der Waals surface area contributed by atoms with Crippen molar-refractivity contribution in [2.24, 2.45) is 0 Å². The van der Waals surface area contributed by atoms with Gasteiger partial charge in [-0.25, -0.2) is 0 Å². The first kappa shape index (κ1) is 45.4. The number of methoxy groups -OCH3 is 1. The first-order valence-corrected chi connectivity index (χ1v) is 20.3. The van der Waals surface area contributed by atoms with E-state index in [0.29, 0.717) is 32.4 Å². The Morgan fingerprint density at radius 1 is 0.680 bits per heavy atom. The molecule has 50 heavy (non-hydrogen) atoms. The summed E-state index contributed by atoms with van der Waals surface area (Å²) in [4.78, 5) is 43.7. The summed E-state index contributed by atoms with van der Waals surface area (Å²) >= 11 is 0. The zero-order valence-corrected chi connectivity index (χ0v) is 32.9. The predicted octanol–water partition coefficient (Wildman–Crippen LogP) is 9.28. The fourth-order valence-electron chi connectivity index (χ4n) is 6.38. The van der Waals surface area contributed by atoms with Crippen molar-refractivity contribution in [1.29, 1.82) is 0 Å². The Labute approximate surface area is 306 Å². The van der Waals surface area contributed by atoms with E-state index < -0.39 is 6.04 Å². The van der Waals surface area contributed by atoms with Gasteiger partial charge in [-0.05, 0) is 64.0 Å². The van der Waals surface area contributed by atoms with E-state index in [1.165, 1.54) is 83.5 Å². The van der Waals surface area contributed by atoms with E-state index in [0.717, 1.165) is 62.8 Å². The standard InChI is InChI=1S/C42H75N3O5/c1-6-8-10-12-14-15-16-17-18-19-20-22-24-27-41(47)50-36-40(46)45(35-25-34-44(3)4)39(26-23-21-13-11-9-7-2)42(48)43-33-32-37-28-30-38(49-5)31-29-37/h28-31,39H,6-27,32-36H2,1-5H3,(H,43,48). The monoisotopic (exact) mass is 702 g/mol. The molecule has 2 amide bonds. The van der Waals surface area contributed by atoms with E-state index in [1.807, 2.05) is 38.4 Å². The number of hydrogen-bond donors (Lipinski definition) is 1. The summed E-state index contributed by atoms with van der Waals surface area (Å²) in [7, 11) is 5.65. The fraction of sp³-hybridized carbons (Fsp3) is 0.786. The summed E-state index contributed by atoms with van der Waals surface area (Å²) in [5, 5.41) is 3.11. The van der Waals surface area contributed by atoms with Crippen molar-refractivity contribution >= 4 is 17.8 Å². The normalized spacial score (nSPS) is 11.8. The number of carbonyl (C=O) groups excluding carboxylic acids is 3. The molecule has 0 heterocycles. The van der Waals surface area contributed by atoms with Crippen LogP contribution in [0.15, 0.2) is 24.3 Å². The molecule has 0 aliphatic carbocycles. The maximum atomic E-state index is 13.7. The van der Waals surface area contributed by atoms with Crippen molar-refractivity contribution in [2.45, 2.75) is 168 Å². The number of unbranched alkanes of at least 4 members (excludes halogenated alkanes) is 17. The highest BCUT2D eigenvalue weighted by molar-refractivity contribution is 5.88. The van der Waals surface area contributed by atoms with Crippen LogP contribution in [0.2, 0.25) is 0 Å². The molecule has 0 radical (unpaired) electrons. The zero-order chi connectivity index (χ0) is 36.7. The van der Waals surface area contributed by atoms with Gasteiger partial charge in [0.2, 0.25) is 5.91 Å². The molecule has 8 heteroatoms. The van der Waals surface area contributed by atoms with E-state index >= 15 is 0 Å². The average molecular weight is 702 g/mol. The molecule has 1 atom stereocenters. The van der Waals surface area contributed by atoms with Gasteiger partial charge in [0.05, 0.1) is 7.11 Å². The Kier molecular flexibility index (Phi) is 28.3. The number of carbonyl (C=O) groups is 3. The number of amides is 2. The van der Waals surface area contributed by atoms with Gasteiger partial charge in [-0.15, -0.1) is 0 Å². The average Bonchev–Trinajstić information content (AvgIpc) is 3.11. The Hall–Kier alpha value is -2.61. The molecule has 1 aromatic carbocycles. The predicted molar refractivity (Wildman–Crippen MR) is 208 cm³/mol. The van der Waals surface area contributed by atoms with Gasteiger partial charge in [0.25, 0.3) is 5.91 Å². The highest BCUT2D eigenvalue weighted by atomic mass is 16.5. The molecule has 0 saturated heterocycles. The van der Waals surface area contributed by atoms with E-state index in [-0.39, 0.29) is 24.4 Å². The van der Waals surface area contributed by atoms with Crippen LogP contribution in [-0.4, -0.2) is 81.1 Å². The van der Waals surface area contributed by atoms with Gasteiger partial charge in [-0.3, -0.25) is 14.4 Å². The minimum atomic E-state index is -0.591. The van der Waals surface area contributed by atoms with E-state index in [4.69, 9.17) is 9.47 Å². The van der Waals surface area contributed by atoms with Gasteiger partial charge >= 0.3 is 5.97 Å². The molecule has 0 aliphatic heterocycles. The number of nitrogens with one attached hydrogen (secondary N) is 1. The Morgan fingerprint density at radius 2 is 1.20 bits per heavy atom. The summed E-state index contributed by atoms with van der Waals surface area (Å²) in [5.41, 5.74) is 1.10. The van der Waals surface area contributed by atoms with Crippen LogP contribution < -0.4 is 10.1 Å². The number of rotatable bonds is 33. The van der Waals surface area contributed by atoms with Crippen LogP contribution in [0.1, 0.15) is 161 Å². The van der Waals surface area contributed by atoms with E-state index in [1.54, 1.807) is 12.0 Å². The van der Waals surface area contributed by atoms with Crippen molar-refractivity contribution in [3.63, 3.8) is 0 Å². The minimum absolute atomic E-state index is 0.136. The van der Waals surface area contributed by atoms with Gasteiger partial charge in [0.1, 0.15) is 11.8 Å². The number of hydrogen-bond acceptors (Lipinski definition) is 6. The maximum absolute atomic E-state index is 13.7. The molecule has 0 fully saturated rings. The highest BCUT2D eigenvalue weighted by Crippen LogP contribution is 2.17. The lowest BCUT2D eigenvalue weighted by molar-refractivity contribution is -0.154. The summed E-state index contributed by atoms with van der Waals surface area (Å²) < 4.78 is 10.8. The lowest BCUT2D eigenvalue weighted by Gasteiger charge is -2.31. The second-order valence-corrected chi connectivity index (χ2v) is 14.4. The van der Waals surface area contributed by atoms with Crippen LogP contribution in [-0.2, 0) is 25.5 Å². The Morgan fingerprint density at radius 3 is 1.72 bits per heavy atom. The molecule has 0 spiro atoms. The smallest absolute Gasteiger partial charge is 0.306 e. The number of ether oxygens (including phenoxy) is 2. The van der Waals surface area contributed by atoms with Crippen LogP contribution in [0.25, 0.3) is 0 Å². The molecule has 0 bridgehead atoms. The van der Waals surface area contributed by atoms with Crippen molar-refractivity contribution in [3.05, 3.63) is 29.8 Å². The SMILES string of the molecule is CCCCCCCCCCCCCCCC(=O)OCC(=O)N(CCCN(C)C)C(CCCCCCCC)C(=O)NCCc1ccc(OC)cc1. The summed E-state index contributed by atoms with van der Waals surface area (Å²) in [5.74, 6) is 0.0483. The zero-order valence-electron chi connectivity index (χ0n) is 32.9. The first-order valence-electron chi connectivity index (χ1n) is 20.3. The van der Waals surface area contributed by atoms with Gasteiger partial charge in [-0.2, -0.15) is 0 Å². The van der Waals surface area contributed by atoms with Crippen molar-refractivity contribution < 1.29 is 23.9 Å². The van der Waals surface area contributed by atoms with Gasteiger partial charge in [0, 0.05) is 19.5 Å². The molecule has 8 nitrogen and oxygen atoms in total. The number of benzene rings is 1. The highest BCUT2D eigenvalue weighted by Gasteiger charge is 2.29. The van der Waals surface area contributed by atoms with Crippen LogP contribution in [0.5, 0.6) is 5.75 Å². The topological polar surface area (TPSA) is 88.2 Å². The lowest BCUT2D eigenvalue weighted by Crippen LogP contribution is -2.51. The quantitative estimate of drug-likeness (QED) is 0.0581. The molecule has 1 N–H and O–H groups in total. The van der Waals surface area contributed by atoms with Gasteiger partial charge in [-0.1, -0.05) is 142 Å². The molecule has 1 rings (SSSR count). The minimum Gasteiger partial charge on any atom is -0.497 e. The molecule has 0 aliphatic rings. The third kappa shape index (κ3) is 23.7. The second kappa shape index (κ2) is 31.2. The molecular weight excluding hydrogens is 626 g/mol. The number of esters is 1. The van der Waals surface area contributed by atoms with Crippen molar-refractivity contribution in [3.8, 4) is 5.75 Å². The molecule has 1 unspecified atom stereocenters. The Bertz CT molecular complexity index is 984. The molecule has 0 saturated carbocycles. The van der Waals surface area contributed by atoms with E-state index in [9.17, 15) is 14.4 Å². The summed E-state index contributed by atoms with van der Waals surface area (Å²) in [6.45, 7) is 5.87. The first-order chi connectivity index (χ1) is 24.3. The maximum Gasteiger partial charge on any atom is 0.306 e. The van der Waals surface area contributed by atoms with Gasteiger partial charge in [0.15, 0.2) is 6.61 Å². The third-order valence-electron chi connectivity index (χ3n) is 9.55. The van der Waals surface area contributed by atoms with Gasteiger partial charge < -0.3 is 24.6 Å². The molecular formula is C42H75N3O5. The largest absolute Gasteiger partial charge is 0.497 e. The van der Waals surface area contributed by atoms with E-state index in [2.05, 4.69) is 24.1 Å². The van der Waals surface area contributed by atoms with Crippen molar-refractivity contribution in [1.82, 2.24) is 15.1 Å². The number of nitrogens with zero attached hydrogens (tertiary/aromatic N) is 2. The lowest BCUT2D eigenvalue weighted by atomic mass is 10.0. The summed E-state index contributed by atoms with van der Waals surface area (Å²) in [6.07, 6.45) is 25.2. The molecule has 288 valence electrons. The van der Waals surface area contributed by atoms with Crippen LogP contribution >= 0.6 is 0 Å². The van der Waals surface area contributed by atoms with Crippen LogP contribution in [0.3, 0.4) is 0 Å². The van der Waals surface area contributed by atoms with Crippen molar-refractivity contribution in [2.75, 3.05) is 47.4 Å².